The molecule has 0 bridgehead atoms. The molecule has 1 saturated carbocycles. The van der Waals surface area contributed by atoms with Gasteiger partial charge >= 0.3 is 0 Å². The number of hydrogen-bond donors (Lipinski definition) is 1. The Hall–Kier alpha value is -0.930. The number of likely N-dealkylation sites (N-methyl/N-ethyl adjacent to an activating group) is 1. The predicted molar refractivity (Wildman–Crippen MR) is 78.4 cm³/mol. The van der Waals surface area contributed by atoms with E-state index in [4.69, 9.17) is 4.74 Å². The molecule has 0 saturated heterocycles. The molecule has 1 unspecified atom stereocenters. The first-order valence-electron chi connectivity index (χ1n) is 7.38. The summed E-state index contributed by atoms with van der Waals surface area (Å²) < 4.78 is 5.76. The lowest BCUT2D eigenvalue weighted by molar-refractivity contribution is -0.0833. The maximum atomic E-state index is 5.76. The zero-order valence-electron chi connectivity index (χ0n) is 12.4. The van der Waals surface area contributed by atoms with E-state index in [9.17, 15) is 0 Å². The van der Waals surface area contributed by atoms with Gasteiger partial charge in [0, 0.05) is 31.5 Å². The highest BCUT2D eigenvalue weighted by Crippen LogP contribution is 2.39. The minimum absolute atomic E-state index is 0.121. The van der Waals surface area contributed by atoms with E-state index in [0.29, 0.717) is 6.04 Å². The van der Waals surface area contributed by atoms with Crippen molar-refractivity contribution in [1.29, 1.82) is 0 Å². The molecule has 3 nitrogen and oxygen atoms in total. The largest absolute Gasteiger partial charge is 0.378 e. The molecule has 2 rings (SSSR count). The zero-order chi connectivity index (χ0) is 13.7. The smallest absolute Gasteiger partial charge is 0.0693 e. The van der Waals surface area contributed by atoms with Gasteiger partial charge in [-0.15, -0.1) is 0 Å². The fourth-order valence-electron chi connectivity index (χ4n) is 2.98. The van der Waals surface area contributed by atoms with Crippen LogP contribution in [0.1, 0.15) is 43.9 Å². The second-order valence-corrected chi connectivity index (χ2v) is 5.67. The second kappa shape index (κ2) is 6.49. The number of rotatable bonds is 7. The highest BCUT2D eigenvalue weighted by Gasteiger charge is 2.38. The third kappa shape index (κ3) is 3.54. The Kier molecular flexibility index (Phi) is 4.94. The van der Waals surface area contributed by atoms with Gasteiger partial charge in [0.25, 0.3) is 0 Å². The van der Waals surface area contributed by atoms with Crippen molar-refractivity contribution in [2.45, 2.75) is 57.6 Å². The first kappa shape index (κ1) is 14.5. The number of pyridine rings is 1. The van der Waals surface area contributed by atoms with Gasteiger partial charge in [0.05, 0.1) is 5.60 Å². The van der Waals surface area contributed by atoms with Gasteiger partial charge in [0.15, 0.2) is 0 Å². The molecule has 0 spiro atoms. The molecule has 3 heteroatoms. The van der Waals surface area contributed by atoms with Crippen LogP contribution < -0.4 is 5.32 Å². The van der Waals surface area contributed by atoms with Crippen molar-refractivity contribution in [3.8, 4) is 0 Å². The minimum Gasteiger partial charge on any atom is -0.378 e. The van der Waals surface area contributed by atoms with E-state index < -0.39 is 0 Å². The third-order valence-electron chi connectivity index (χ3n) is 4.37. The lowest BCUT2D eigenvalue weighted by Crippen LogP contribution is -2.46. The molecular formula is C16H26N2O. The predicted octanol–water partition coefficient (Wildman–Crippen LogP) is 2.87. The van der Waals surface area contributed by atoms with Crippen molar-refractivity contribution < 1.29 is 4.74 Å². The summed E-state index contributed by atoms with van der Waals surface area (Å²) >= 11 is 0. The van der Waals surface area contributed by atoms with Crippen molar-refractivity contribution in [1.82, 2.24) is 10.3 Å². The SMILES string of the molecule is CCNC(Cc1ncccc1C)CC1(OC)CCC1. The quantitative estimate of drug-likeness (QED) is 0.820. The monoisotopic (exact) mass is 262 g/mol. The number of ether oxygens (including phenoxy) is 1. The van der Waals surface area contributed by atoms with E-state index in [1.807, 2.05) is 19.4 Å². The molecule has 1 atom stereocenters. The normalized spacial score (nSPS) is 18.9. The van der Waals surface area contributed by atoms with Crippen LogP contribution >= 0.6 is 0 Å². The van der Waals surface area contributed by atoms with E-state index in [1.54, 1.807) is 0 Å². The van der Waals surface area contributed by atoms with Crippen molar-refractivity contribution in [3.05, 3.63) is 29.6 Å². The van der Waals surface area contributed by atoms with Crippen LogP contribution in [-0.2, 0) is 11.2 Å². The highest BCUT2D eigenvalue weighted by molar-refractivity contribution is 5.18. The Morgan fingerprint density at radius 2 is 2.26 bits per heavy atom. The lowest BCUT2D eigenvalue weighted by atomic mass is 9.75. The van der Waals surface area contributed by atoms with Crippen molar-refractivity contribution in [2.75, 3.05) is 13.7 Å². The summed E-state index contributed by atoms with van der Waals surface area (Å²) in [6, 6.07) is 4.60. The summed E-state index contributed by atoms with van der Waals surface area (Å²) in [5.41, 5.74) is 2.61. The third-order valence-corrected chi connectivity index (χ3v) is 4.37. The molecule has 0 aromatic carbocycles. The molecule has 1 N–H and O–H groups in total. The first-order valence-corrected chi connectivity index (χ1v) is 7.38. The fraction of sp³-hybridized carbons (Fsp3) is 0.688. The lowest BCUT2D eigenvalue weighted by Gasteiger charge is -2.43. The summed E-state index contributed by atoms with van der Waals surface area (Å²) in [7, 11) is 1.86. The first-order chi connectivity index (χ1) is 9.19. The second-order valence-electron chi connectivity index (χ2n) is 5.67. The molecular weight excluding hydrogens is 236 g/mol. The van der Waals surface area contributed by atoms with Crippen LogP contribution in [0.5, 0.6) is 0 Å². The van der Waals surface area contributed by atoms with Crippen molar-refractivity contribution in [2.24, 2.45) is 0 Å². The molecule has 1 aliphatic carbocycles. The van der Waals surface area contributed by atoms with Crippen LogP contribution in [-0.4, -0.2) is 30.3 Å². The Balaban J connectivity index is 2.02. The molecule has 1 aromatic heterocycles. The zero-order valence-corrected chi connectivity index (χ0v) is 12.4. The molecule has 1 aromatic rings. The molecule has 0 amide bonds. The van der Waals surface area contributed by atoms with Crippen LogP contribution in [0.4, 0.5) is 0 Å². The maximum absolute atomic E-state index is 5.76. The summed E-state index contributed by atoms with van der Waals surface area (Å²) in [6.45, 7) is 5.30. The number of aromatic nitrogens is 1. The number of nitrogens with zero attached hydrogens (tertiary/aromatic N) is 1. The number of nitrogens with one attached hydrogen (secondary N) is 1. The number of methoxy groups -OCH3 is 1. The van der Waals surface area contributed by atoms with E-state index in [-0.39, 0.29) is 5.60 Å². The van der Waals surface area contributed by atoms with Gasteiger partial charge in [-0.2, -0.15) is 0 Å². The Morgan fingerprint density at radius 3 is 2.79 bits per heavy atom. The number of hydrogen-bond acceptors (Lipinski definition) is 3. The van der Waals surface area contributed by atoms with Gasteiger partial charge in [-0.3, -0.25) is 4.98 Å². The van der Waals surface area contributed by atoms with Crippen LogP contribution in [0.25, 0.3) is 0 Å². The van der Waals surface area contributed by atoms with Gasteiger partial charge in [-0.1, -0.05) is 13.0 Å². The highest BCUT2D eigenvalue weighted by atomic mass is 16.5. The molecule has 106 valence electrons. The van der Waals surface area contributed by atoms with Crippen LogP contribution in [0.2, 0.25) is 0 Å². The minimum atomic E-state index is 0.121. The van der Waals surface area contributed by atoms with E-state index in [1.165, 1.54) is 30.5 Å². The van der Waals surface area contributed by atoms with Crippen LogP contribution in [0.3, 0.4) is 0 Å². The van der Waals surface area contributed by atoms with Crippen molar-refractivity contribution in [3.63, 3.8) is 0 Å². The Labute approximate surface area is 116 Å². The summed E-state index contributed by atoms with van der Waals surface area (Å²) in [6.07, 6.45) is 7.67. The van der Waals surface area contributed by atoms with E-state index in [0.717, 1.165) is 19.4 Å². The standard InChI is InChI=1S/C16H26N2O/c1-4-17-14(12-16(19-3)8-6-9-16)11-15-13(2)7-5-10-18-15/h5,7,10,14,17H,4,6,8-9,11-12H2,1-3H3. The average molecular weight is 262 g/mol. The van der Waals surface area contributed by atoms with Gasteiger partial charge in [-0.25, -0.2) is 0 Å². The molecule has 19 heavy (non-hydrogen) atoms. The molecule has 1 heterocycles. The van der Waals surface area contributed by atoms with E-state index in [2.05, 4.69) is 30.2 Å². The van der Waals surface area contributed by atoms with Gasteiger partial charge < -0.3 is 10.1 Å². The average Bonchev–Trinajstić information content (AvgIpc) is 2.36. The molecule has 1 aliphatic rings. The van der Waals surface area contributed by atoms with Gasteiger partial charge in [0.2, 0.25) is 0 Å². The maximum Gasteiger partial charge on any atom is 0.0693 e. The molecule has 1 fully saturated rings. The topological polar surface area (TPSA) is 34.2 Å². The van der Waals surface area contributed by atoms with Crippen LogP contribution in [0.15, 0.2) is 18.3 Å². The summed E-state index contributed by atoms with van der Waals surface area (Å²) in [5, 5.41) is 3.60. The fourth-order valence-corrected chi connectivity index (χ4v) is 2.98. The van der Waals surface area contributed by atoms with Gasteiger partial charge in [0.1, 0.15) is 0 Å². The number of aryl methyl sites for hydroxylation is 1. The van der Waals surface area contributed by atoms with E-state index >= 15 is 0 Å². The van der Waals surface area contributed by atoms with Crippen LogP contribution in [0, 0.1) is 6.92 Å². The van der Waals surface area contributed by atoms with Gasteiger partial charge in [-0.05, 0) is 50.8 Å². The summed E-state index contributed by atoms with van der Waals surface area (Å²) in [5.74, 6) is 0. The molecule has 0 radical (unpaired) electrons. The molecule has 0 aliphatic heterocycles. The Morgan fingerprint density at radius 1 is 1.47 bits per heavy atom. The van der Waals surface area contributed by atoms with Crippen molar-refractivity contribution >= 4 is 0 Å². The Bertz CT molecular complexity index is 396. The summed E-state index contributed by atoms with van der Waals surface area (Å²) in [4.78, 5) is 4.52.